The van der Waals surface area contributed by atoms with Gasteiger partial charge >= 0.3 is 0 Å². The summed E-state index contributed by atoms with van der Waals surface area (Å²) < 4.78 is 32.1. The van der Waals surface area contributed by atoms with Gasteiger partial charge in [-0.3, -0.25) is 10.1 Å². The highest BCUT2D eigenvalue weighted by molar-refractivity contribution is 7.99. The standard InChI is InChI=1S/C16H17ClN2O5S2/c1-11(10-24-2)18-26(22,23)12-7-8-16(14(9-12)19(20)21)25-15-6-4-3-5-13(15)17/h3-9,11,18H,10H2,1-2H3/t11-/m1/s1. The first-order valence-corrected chi connectivity index (χ1v) is 10.1. The topological polar surface area (TPSA) is 98.5 Å². The largest absolute Gasteiger partial charge is 0.383 e. The normalized spacial score (nSPS) is 12.7. The predicted molar refractivity (Wildman–Crippen MR) is 100 cm³/mol. The second-order valence-corrected chi connectivity index (χ2v) is 8.60. The zero-order valence-electron chi connectivity index (χ0n) is 14.0. The van der Waals surface area contributed by atoms with E-state index in [0.717, 1.165) is 17.8 Å². The molecule has 140 valence electrons. The van der Waals surface area contributed by atoms with Gasteiger partial charge in [0.1, 0.15) is 0 Å². The van der Waals surface area contributed by atoms with Gasteiger partial charge in [-0.2, -0.15) is 0 Å². The number of nitrogens with one attached hydrogen (secondary N) is 1. The molecular weight excluding hydrogens is 400 g/mol. The van der Waals surface area contributed by atoms with Gasteiger partial charge in [0.15, 0.2) is 0 Å². The number of halogens is 1. The Bertz CT molecular complexity index is 905. The van der Waals surface area contributed by atoms with Crippen LogP contribution in [0.25, 0.3) is 0 Å². The van der Waals surface area contributed by atoms with Crippen LogP contribution in [0.3, 0.4) is 0 Å². The van der Waals surface area contributed by atoms with E-state index in [4.69, 9.17) is 16.3 Å². The third-order valence-corrected chi connectivity index (χ3v) is 6.44. The summed E-state index contributed by atoms with van der Waals surface area (Å²) in [7, 11) is -2.45. The summed E-state index contributed by atoms with van der Waals surface area (Å²) in [5, 5.41) is 11.9. The molecule has 0 saturated carbocycles. The number of nitro groups is 1. The first-order valence-electron chi connectivity index (χ1n) is 7.46. The van der Waals surface area contributed by atoms with Gasteiger partial charge in [0.05, 0.1) is 26.3 Å². The molecule has 0 bridgehead atoms. The van der Waals surface area contributed by atoms with Crippen molar-refractivity contribution in [2.24, 2.45) is 0 Å². The molecule has 0 aliphatic carbocycles. The zero-order valence-corrected chi connectivity index (χ0v) is 16.4. The summed E-state index contributed by atoms with van der Waals surface area (Å²) in [6.07, 6.45) is 0. The quantitative estimate of drug-likeness (QED) is 0.520. The lowest BCUT2D eigenvalue weighted by Gasteiger charge is -2.13. The Morgan fingerprint density at radius 2 is 1.96 bits per heavy atom. The van der Waals surface area contributed by atoms with Crippen LogP contribution in [0, 0.1) is 10.1 Å². The van der Waals surface area contributed by atoms with Crippen molar-refractivity contribution in [2.45, 2.75) is 27.7 Å². The molecule has 0 aromatic heterocycles. The average Bonchev–Trinajstić information content (AvgIpc) is 2.56. The molecule has 0 unspecified atom stereocenters. The van der Waals surface area contributed by atoms with Crippen molar-refractivity contribution in [3.8, 4) is 0 Å². The van der Waals surface area contributed by atoms with Gasteiger partial charge < -0.3 is 4.74 Å². The number of sulfonamides is 1. The molecule has 0 spiro atoms. The molecule has 0 amide bonds. The number of rotatable bonds is 8. The van der Waals surface area contributed by atoms with E-state index in [0.29, 0.717) is 14.8 Å². The molecule has 0 heterocycles. The van der Waals surface area contributed by atoms with Crippen molar-refractivity contribution in [1.82, 2.24) is 4.72 Å². The fraction of sp³-hybridized carbons (Fsp3) is 0.250. The van der Waals surface area contributed by atoms with Crippen molar-refractivity contribution in [2.75, 3.05) is 13.7 Å². The molecule has 0 saturated heterocycles. The zero-order chi connectivity index (χ0) is 19.3. The molecule has 2 rings (SSSR count). The maximum Gasteiger partial charge on any atom is 0.284 e. The monoisotopic (exact) mass is 416 g/mol. The molecule has 2 aromatic rings. The molecule has 1 atom stereocenters. The van der Waals surface area contributed by atoms with Crippen LogP contribution in [0.15, 0.2) is 57.2 Å². The number of ether oxygens (including phenoxy) is 1. The second kappa shape index (κ2) is 8.83. The van der Waals surface area contributed by atoms with Crippen molar-refractivity contribution in [3.63, 3.8) is 0 Å². The number of methoxy groups -OCH3 is 1. The van der Waals surface area contributed by atoms with E-state index in [-0.39, 0.29) is 17.2 Å². The lowest BCUT2D eigenvalue weighted by atomic mass is 10.3. The molecule has 7 nitrogen and oxygen atoms in total. The molecular formula is C16H17ClN2O5S2. The highest BCUT2D eigenvalue weighted by Gasteiger charge is 2.23. The van der Waals surface area contributed by atoms with Gasteiger partial charge in [0, 0.05) is 24.1 Å². The van der Waals surface area contributed by atoms with E-state index in [1.54, 1.807) is 31.2 Å². The Labute approximate surface area is 160 Å². The van der Waals surface area contributed by atoms with Crippen LogP contribution < -0.4 is 4.72 Å². The van der Waals surface area contributed by atoms with E-state index in [2.05, 4.69) is 4.72 Å². The van der Waals surface area contributed by atoms with E-state index < -0.39 is 21.0 Å². The van der Waals surface area contributed by atoms with E-state index in [1.807, 2.05) is 0 Å². The molecule has 0 aliphatic heterocycles. The lowest BCUT2D eigenvalue weighted by Crippen LogP contribution is -2.35. The molecule has 1 N–H and O–H groups in total. The number of hydrogen-bond acceptors (Lipinski definition) is 6. The first-order chi connectivity index (χ1) is 12.2. The summed E-state index contributed by atoms with van der Waals surface area (Å²) in [5.41, 5.74) is -0.308. The van der Waals surface area contributed by atoms with E-state index in [9.17, 15) is 18.5 Å². The smallest absolute Gasteiger partial charge is 0.284 e. The summed E-state index contributed by atoms with van der Waals surface area (Å²) >= 11 is 7.19. The van der Waals surface area contributed by atoms with Gasteiger partial charge in [-0.15, -0.1) is 0 Å². The van der Waals surface area contributed by atoms with Gasteiger partial charge in [-0.25, -0.2) is 13.1 Å². The van der Waals surface area contributed by atoms with Gasteiger partial charge in [-0.1, -0.05) is 35.5 Å². The Morgan fingerprint density at radius 3 is 2.58 bits per heavy atom. The molecule has 26 heavy (non-hydrogen) atoms. The fourth-order valence-electron chi connectivity index (χ4n) is 2.16. The molecule has 0 radical (unpaired) electrons. The van der Waals surface area contributed by atoms with Crippen LogP contribution in [0.4, 0.5) is 5.69 Å². The minimum absolute atomic E-state index is 0.182. The summed E-state index contributed by atoms with van der Waals surface area (Å²) in [6.45, 7) is 1.82. The maximum atomic E-state index is 12.4. The van der Waals surface area contributed by atoms with Crippen LogP contribution in [-0.2, 0) is 14.8 Å². The highest BCUT2D eigenvalue weighted by Crippen LogP contribution is 2.38. The van der Waals surface area contributed by atoms with Gasteiger partial charge in [0.2, 0.25) is 10.0 Å². The Morgan fingerprint density at radius 1 is 1.27 bits per heavy atom. The minimum Gasteiger partial charge on any atom is -0.383 e. The Kier molecular flexibility index (Phi) is 7.01. The predicted octanol–water partition coefficient (Wildman–Crippen LogP) is 3.71. The fourth-order valence-corrected chi connectivity index (χ4v) is 4.58. The molecule has 2 aromatic carbocycles. The molecule has 10 heteroatoms. The average molecular weight is 417 g/mol. The number of nitro benzene ring substituents is 1. The Balaban J connectivity index is 2.37. The number of hydrogen-bond donors (Lipinski definition) is 1. The SMILES string of the molecule is COC[C@@H](C)NS(=O)(=O)c1ccc(Sc2ccccc2Cl)c([N+](=O)[O-])c1. The van der Waals surface area contributed by atoms with Crippen LogP contribution in [0.5, 0.6) is 0 Å². The van der Waals surface area contributed by atoms with E-state index >= 15 is 0 Å². The first kappa shape index (κ1) is 20.7. The second-order valence-electron chi connectivity index (χ2n) is 5.40. The number of nitrogens with zero attached hydrogens (tertiary/aromatic N) is 1. The highest BCUT2D eigenvalue weighted by atomic mass is 35.5. The van der Waals surface area contributed by atoms with Gasteiger partial charge in [0.25, 0.3) is 5.69 Å². The van der Waals surface area contributed by atoms with Crippen LogP contribution >= 0.6 is 23.4 Å². The van der Waals surface area contributed by atoms with Crippen LogP contribution in [0.2, 0.25) is 5.02 Å². The third kappa shape index (κ3) is 5.18. The van der Waals surface area contributed by atoms with E-state index in [1.165, 1.54) is 19.2 Å². The van der Waals surface area contributed by atoms with Crippen LogP contribution in [-0.4, -0.2) is 33.1 Å². The number of benzene rings is 2. The summed E-state index contributed by atoms with van der Waals surface area (Å²) in [6, 6.07) is 10.2. The molecule has 0 aliphatic rings. The van der Waals surface area contributed by atoms with Crippen molar-refractivity contribution in [3.05, 3.63) is 57.6 Å². The lowest BCUT2D eigenvalue weighted by molar-refractivity contribution is -0.388. The van der Waals surface area contributed by atoms with Crippen LogP contribution in [0.1, 0.15) is 6.92 Å². The maximum absolute atomic E-state index is 12.4. The van der Waals surface area contributed by atoms with Gasteiger partial charge in [-0.05, 0) is 31.2 Å². The van der Waals surface area contributed by atoms with Crippen molar-refractivity contribution in [1.29, 1.82) is 0 Å². The van der Waals surface area contributed by atoms with Crippen molar-refractivity contribution < 1.29 is 18.1 Å². The Hall–Kier alpha value is -1.65. The third-order valence-electron chi connectivity index (χ3n) is 3.27. The van der Waals surface area contributed by atoms with Crippen molar-refractivity contribution >= 4 is 39.1 Å². The molecule has 0 fully saturated rings. The summed E-state index contributed by atoms with van der Waals surface area (Å²) in [5.74, 6) is 0. The summed E-state index contributed by atoms with van der Waals surface area (Å²) in [4.78, 5) is 11.6. The minimum atomic E-state index is -3.91.